The number of pyridine rings is 1. The maximum absolute atomic E-state index is 14.5. The van der Waals surface area contributed by atoms with E-state index in [1.165, 1.54) is 24.5 Å². The van der Waals surface area contributed by atoms with Crippen LogP contribution >= 0.6 is 10.2 Å². The van der Waals surface area contributed by atoms with Gasteiger partial charge in [-0.2, -0.15) is 5.26 Å². The molecule has 0 spiro atoms. The van der Waals surface area contributed by atoms with Crippen molar-refractivity contribution in [2.24, 2.45) is 0 Å². The van der Waals surface area contributed by atoms with E-state index in [1.54, 1.807) is 0 Å². The first kappa shape index (κ1) is 35.0. The number of benzene rings is 2. The fourth-order valence-electron chi connectivity index (χ4n) is 5.90. The van der Waals surface area contributed by atoms with Crippen molar-refractivity contribution in [1.82, 2.24) is 15.2 Å². The Kier molecular flexibility index (Phi) is 9.17. The van der Waals surface area contributed by atoms with Crippen LogP contribution in [0, 0.1) is 11.5 Å². The summed E-state index contributed by atoms with van der Waals surface area (Å²) >= 11 is 0. The van der Waals surface area contributed by atoms with Crippen LogP contribution in [0.5, 0.6) is 0 Å². The number of carbonyl (C=O) groups is 2. The molecule has 1 aliphatic carbocycles. The number of hydrogen-bond acceptors (Lipinski definition) is 6. The molecule has 2 fully saturated rings. The molecule has 2 aliphatic rings. The van der Waals surface area contributed by atoms with Gasteiger partial charge in [-0.15, -0.1) is 0 Å². The Morgan fingerprint density at radius 1 is 1.02 bits per heavy atom. The van der Waals surface area contributed by atoms with Gasteiger partial charge in [0.15, 0.2) is 6.19 Å². The van der Waals surface area contributed by atoms with Gasteiger partial charge in [-0.1, -0.05) is 55.8 Å². The highest BCUT2D eigenvalue weighted by molar-refractivity contribution is 8.45. The summed E-state index contributed by atoms with van der Waals surface area (Å²) in [5, 5.41) is 12.6. The molecule has 2 heterocycles. The van der Waals surface area contributed by atoms with Gasteiger partial charge in [-0.25, -0.2) is 8.78 Å². The average Bonchev–Trinajstić information content (AvgIpc) is 3.46. The zero-order valence-electron chi connectivity index (χ0n) is 25.3. The molecule has 3 aromatic rings. The second-order valence-electron chi connectivity index (χ2n) is 11.9. The molecule has 0 radical (unpaired) electrons. The summed E-state index contributed by atoms with van der Waals surface area (Å²) in [5.41, 5.74) is 0.575. The molecule has 1 aliphatic heterocycles. The van der Waals surface area contributed by atoms with E-state index >= 15 is 0 Å². The molecule has 2 amide bonds. The number of nitriles is 1. The third kappa shape index (κ3) is 8.37. The molecule has 1 aromatic heterocycles. The maximum atomic E-state index is 14.5. The molecule has 1 unspecified atom stereocenters. The van der Waals surface area contributed by atoms with Gasteiger partial charge in [-0.3, -0.25) is 24.4 Å². The lowest BCUT2D eigenvalue weighted by Crippen LogP contribution is -2.52. The number of aromatic nitrogens is 1. The molecule has 3 atom stereocenters. The number of alkyl halides is 2. The highest BCUT2D eigenvalue weighted by Gasteiger charge is 2.65. The van der Waals surface area contributed by atoms with Crippen molar-refractivity contribution < 1.29 is 42.5 Å². The first-order chi connectivity index (χ1) is 22.4. The Balaban J connectivity index is 1.52. The van der Waals surface area contributed by atoms with Crippen LogP contribution in [-0.4, -0.2) is 52.4 Å². The lowest BCUT2D eigenvalue weighted by molar-refractivity contribution is -0.129. The number of anilines is 1. The molecule has 0 bridgehead atoms. The Labute approximate surface area is 272 Å². The normalized spacial score (nSPS) is 21.8. The van der Waals surface area contributed by atoms with E-state index in [0.717, 1.165) is 15.4 Å². The minimum absolute atomic E-state index is 0.0171. The molecule has 5 rings (SSSR count). The molecular formula is C32H32F7N5O3S. The smallest absolute Gasteiger partial charge is 0.310 e. The van der Waals surface area contributed by atoms with Crippen molar-refractivity contribution in [3.63, 3.8) is 0 Å². The van der Waals surface area contributed by atoms with Gasteiger partial charge < -0.3 is 10.1 Å². The van der Waals surface area contributed by atoms with E-state index in [2.05, 4.69) is 10.3 Å². The summed E-state index contributed by atoms with van der Waals surface area (Å²) < 4.78 is 102. The van der Waals surface area contributed by atoms with Crippen LogP contribution in [0.15, 0.2) is 84.0 Å². The number of rotatable bonds is 10. The molecule has 48 heavy (non-hydrogen) atoms. The summed E-state index contributed by atoms with van der Waals surface area (Å²) in [6.07, 6.45) is 2.74. The third-order valence-corrected chi connectivity index (χ3v) is 9.54. The van der Waals surface area contributed by atoms with E-state index in [4.69, 9.17) is 4.74 Å². The quantitative estimate of drug-likeness (QED) is 0.173. The zero-order chi connectivity index (χ0) is 34.8. The number of ether oxygens (including phenoxy) is 1. The Hall–Kier alpha value is -4.36. The summed E-state index contributed by atoms with van der Waals surface area (Å²) in [6, 6.07) is 9.91. The lowest BCUT2D eigenvalue weighted by atomic mass is 9.91. The summed E-state index contributed by atoms with van der Waals surface area (Å²) in [7, 11) is -10.1. The second kappa shape index (κ2) is 12.6. The fraction of sp³-hybridized carbons (Fsp3) is 0.375. The zero-order valence-corrected chi connectivity index (χ0v) is 26.1. The van der Waals surface area contributed by atoms with E-state index in [9.17, 15) is 43.1 Å². The SMILES string of the molecule is N#CN1C[C@@H](OCc2ccccc2)C[C@@H]1C(=O)N(c1ccc(S(F)(F)(F)(F)F)cc1)C(C(=O)NC1CCC(F)(F)CC1)c1cccnc1. The van der Waals surface area contributed by atoms with Crippen LogP contribution in [0.3, 0.4) is 0 Å². The predicted octanol–water partition coefficient (Wildman–Crippen LogP) is 7.65. The second-order valence-corrected chi connectivity index (χ2v) is 14.3. The van der Waals surface area contributed by atoms with Crippen LogP contribution in [-0.2, 0) is 20.9 Å². The largest absolute Gasteiger partial charge is 0.372 e. The minimum atomic E-state index is -10.1. The van der Waals surface area contributed by atoms with Crippen molar-refractivity contribution in [3.05, 3.63) is 90.3 Å². The number of halogens is 7. The van der Waals surface area contributed by atoms with Crippen LogP contribution in [0.1, 0.15) is 49.3 Å². The Morgan fingerprint density at radius 3 is 2.27 bits per heavy atom. The minimum Gasteiger partial charge on any atom is -0.372 e. The summed E-state index contributed by atoms with van der Waals surface area (Å²) in [5.74, 6) is -4.66. The van der Waals surface area contributed by atoms with E-state index in [1.807, 2.05) is 36.5 Å². The Bertz CT molecular complexity index is 1650. The number of nitrogens with one attached hydrogen (secondary N) is 1. The number of carbonyl (C=O) groups excluding carboxylic acids is 2. The number of likely N-dealkylation sites (tertiary alicyclic amines) is 1. The third-order valence-electron chi connectivity index (χ3n) is 8.37. The van der Waals surface area contributed by atoms with Gasteiger partial charge in [0, 0.05) is 48.9 Å². The number of amides is 2. The van der Waals surface area contributed by atoms with E-state index in [0.29, 0.717) is 12.1 Å². The number of hydrogen-bond donors (Lipinski definition) is 1. The number of nitrogens with zero attached hydrogens (tertiary/aromatic N) is 4. The molecular weight excluding hydrogens is 667 g/mol. The van der Waals surface area contributed by atoms with Crippen LogP contribution in [0.25, 0.3) is 0 Å². The fourth-order valence-corrected chi connectivity index (χ4v) is 6.55. The molecule has 258 valence electrons. The van der Waals surface area contributed by atoms with Gasteiger partial charge in [0.05, 0.1) is 19.3 Å². The predicted molar refractivity (Wildman–Crippen MR) is 163 cm³/mol. The monoisotopic (exact) mass is 699 g/mol. The molecule has 2 aromatic carbocycles. The lowest BCUT2D eigenvalue weighted by Gasteiger charge is -2.41. The average molecular weight is 700 g/mol. The molecule has 1 saturated carbocycles. The topological polar surface area (TPSA) is 98.6 Å². The summed E-state index contributed by atoms with van der Waals surface area (Å²) in [6.45, 7) is 0.142. The van der Waals surface area contributed by atoms with Gasteiger partial charge in [0.2, 0.25) is 11.8 Å². The first-order valence-corrected chi connectivity index (χ1v) is 17.0. The van der Waals surface area contributed by atoms with Crippen LogP contribution < -0.4 is 10.2 Å². The van der Waals surface area contributed by atoms with Crippen LogP contribution in [0.2, 0.25) is 0 Å². The standard InChI is InChI=1S/C32H32F7N5O3S/c33-32(34)14-12-24(13-15-32)42-30(45)29(23-7-4-16-41-18-23)44(25-8-10-27(11-9-25)48(35,36,37,38)39)31(46)28-17-26(19-43(28)21-40)47-20-22-5-2-1-3-6-22/h1-11,16,18,24,26,28-29H,12-15,17,19-20H2,(H,42,45)/t26-,28+,29?/m0/s1. The summed E-state index contributed by atoms with van der Waals surface area (Å²) in [4.78, 5) is 32.2. The van der Waals surface area contributed by atoms with Gasteiger partial charge in [0.25, 0.3) is 5.91 Å². The molecule has 1 saturated heterocycles. The first-order valence-electron chi connectivity index (χ1n) is 15.0. The van der Waals surface area contributed by atoms with Crippen molar-refractivity contribution in [2.75, 3.05) is 11.4 Å². The van der Waals surface area contributed by atoms with E-state index < -0.39 is 69.9 Å². The van der Waals surface area contributed by atoms with Crippen molar-refractivity contribution >= 4 is 27.7 Å². The van der Waals surface area contributed by atoms with Crippen molar-refractivity contribution in [2.45, 2.75) is 73.8 Å². The van der Waals surface area contributed by atoms with E-state index in [-0.39, 0.29) is 55.8 Å². The molecule has 8 nitrogen and oxygen atoms in total. The molecule has 16 heteroatoms. The van der Waals surface area contributed by atoms with Crippen molar-refractivity contribution in [3.8, 4) is 6.19 Å². The van der Waals surface area contributed by atoms with Crippen LogP contribution in [0.4, 0.5) is 33.9 Å². The van der Waals surface area contributed by atoms with Gasteiger partial charge in [0.1, 0.15) is 17.0 Å². The Morgan fingerprint density at radius 2 is 1.69 bits per heavy atom. The van der Waals surface area contributed by atoms with Crippen molar-refractivity contribution in [1.29, 1.82) is 5.26 Å². The highest BCUT2D eigenvalue weighted by Crippen LogP contribution is 3.02. The van der Waals surface area contributed by atoms with Gasteiger partial charge >= 0.3 is 10.2 Å². The molecule has 1 N–H and O–H groups in total. The maximum Gasteiger partial charge on any atom is 0.310 e. The van der Waals surface area contributed by atoms with Gasteiger partial charge in [-0.05, 0) is 48.7 Å². The highest BCUT2D eigenvalue weighted by atomic mass is 32.5.